The summed E-state index contributed by atoms with van der Waals surface area (Å²) in [6.07, 6.45) is 3.28. The molecule has 1 aliphatic rings. The summed E-state index contributed by atoms with van der Waals surface area (Å²) in [7, 11) is 0. The topological polar surface area (TPSA) is 69.6 Å². The quantitative estimate of drug-likeness (QED) is 0.795. The fraction of sp³-hybridized carbons (Fsp3) is 0.500. The van der Waals surface area contributed by atoms with E-state index in [4.69, 9.17) is 16.7 Å². The Labute approximate surface area is 117 Å². The maximum atomic E-state index is 11.0. The zero-order valence-electron chi connectivity index (χ0n) is 10.6. The minimum Gasteiger partial charge on any atom is -0.508 e. The molecule has 0 saturated heterocycles. The third-order valence-corrected chi connectivity index (χ3v) is 4.04. The van der Waals surface area contributed by atoms with E-state index in [1.165, 1.54) is 0 Å². The van der Waals surface area contributed by atoms with Gasteiger partial charge in [-0.1, -0.05) is 24.1 Å². The highest BCUT2D eigenvalue weighted by Crippen LogP contribution is 2.27. The Bertz CT molecular complexity index is 444. The molecule has 4 nitrogen and oxygen atoms in total. The summed E-state index contributed by atoms with van der Waals surface area (Å²) in [5, 5.41) is 22.6. The average molecular weight is 284 g/mol. The third-order valence-electron chi connectivity index (χ3n) is 3.69. The first kappa shape index (κ1) is 14.2. The minimum absolute atomic E-state index is 0.172. The number of aromatic hydroxyl groups is 1. The van der Waals surface area contributed by atoms with Gasteiger partial charge in [-0.2, -0.15) is 0 Å². The van der Waals surface area contributed by atoms with Crippen molar-refractivity contribution in [3.63, 3.8) is 0 Å². The maximum absolute atomic E-state index is 11.0. The van der Waals surface area contributed by atoms with Crippen molar-refractivity contribution < 1.29 is 15.0 Å². The Morgan fingerprint density at radius 1 is 1.42 bits per heavy atom. The fourth-order valence-corrected chi connectivity index (χ4v) is 2.80. The Morgan fingerprint density at radius 2 is 2.21 bits per heavy atom. The van der Waals surface area contributed by atoms with E-state index < -0.39 is 5.97 Å². The van der Waals surface area contributed by atoms with Gasteiger partial charge in [0.05, 0.1) is 5.92 Å². The van der Waals surface area contributed by atoms with Crippen LogP contribution in [0.15, 0.2) is 18.2 Å². The van der Waals surface area contributed by atoms with Gasteiger partial charge in [-0.3, -0.25) is 4.79 Å². The highest BCUT2D eigenvalue weighted by molar-refractivity contribution is 6.31. The van der Waals surface area contributed by atoms with E-state index in [-0.39, 0.29) is 17.7 Å². The first-order valence-corrected chi connectivity index (χ1v) is 6.88. The SMILES string of the molecule is O=C(O)C1CCCC(NCc2c(O)cccc2Cl)C1. The summed E-state index contributed by atoms with van der Waals surface area (Å²) in [5.74, 6) is -0.802. The third kappa shape index (κ3) is 3.61. The van der Waals surface area contributed by atoms with Crippen LogP contribution in [0.4, 0.5) is 0 Å². The van der Waals surface area contributed by atoms with E-state index in [9.17, 15) is 9.90 Å². The van der Waals surface area contributed by atoms with Gasteiger partial charge in [0.1, 0.15) is 5.75 Å². The molecule has 1 aromatic carbocycles. The Morgan fingerprint density at radius 3 is 2.89 bits per heavy atom. The number of halogens is 1. The number of benzene rings is 1. The number of phenolic OH excluding ortho intramolecular Hbond substituents is 1. The number of hydrogen-bond acceptors (Lipinski definition) is 3. The van der Waals surface area contributed by atoms with Crippen LogP contribution >= 0.6 is 11.6 Å². The second-order valence-corrected chi connectivity index (χ2v) is 5.42. The average Bonchev–Trinajstić information content (AvgIpc) is 2.38. The molecule has 104 valence electrons. The first-order valence-electron chi connectivity index (χ1n) is 6.50. The molecule has 1 saturated carbocycles. The van der Waals surface area contributed by atoms with Gasteiger partial charge in [0, 0.05) is 23.2 Å². The molecule has 19 heavy (non-hydrogen) atoms. The number of hydrogen-bond donors (Lipinski definition) is 3. The summed E-state index contributed by atoms with van der Waals surface area (Å²) in [5.41, 5.74) is 0.668. The van der Waals surface area contributed by atoms with Gasteiger partial charge in [0.25, 0.3) is 0 Å². The van der Waals surface area contributed by atoms with Crippen LogP contribution < -0.4 is 5.32 Å². The summed E-state index contributed by atoms with van der Waals surface area (Å²) in [6, 6.07) is 5.20. The van der Waals surface area contributed by atoms with Crippen molar-refractivity contribution in [1.29, 1.82) is 0 Å². The molecule has 0 heterocycles. The number of rotatable bonds is 4. The molecule has 3 N–H and O–H groups in total. The molecule has 0 aromatic heterocycles. The largest absolute Gasteiger partial charge is 0.508 e. The monoisotopic (exact) mass is 283 g/mol. The minimum atomic E-state index is -0.716. The lowest BCUT2D eigenvalue weighted by molar-refractivity contribution is -0.143. The summed E-state index contributed by atoms with van der Waals surface area (Å²) in [4.78, 5) is 11.0. The van der Waals surface area contributed by atoms with E-state index in [0.29, 0.717) is 23.6 Å². The van der Waals surface area contributed by atoms with Crippen LogP contribution in [0.2, 0.25) is 5.02 Å². The molecule has 2 rings (SSSR count). The summed E-state index contributed by atoms with van der Waals surface area (Å²) < 4.78 is 0. The van der Waals surface area contributed by atoms with Crippen LogP contribution in [-0.4, -0.2) is 22.2 Å². The zero-order chi connectivity index (χ0) is 13.8. The van der Waals surface area contributed by atoms with Gasteiger partial charge in [-0.15, -0.1) is 0 Å². The van der Waals surface area contributed by atoms with Gasteiger partial charge in [-0.05, 0) is 31.4 Å². The smallest absolute Gasteiger partial charge is 0.306 e. The van der Waals surface area contributed by atoms with Crippen molar-refractivity contribution in [2.24, 2.45) is 5.92 Å². The van der Waals surface area contributed by atoms with Crippen LogP contribution in [0.5, 0.6) is 5.75 Å². The highest BCUT2D eigenvalue weighted by Gasteiger charge is 2.26. The number of carbonyl (C=O) groups is 1. The molecule has 0 aliphatic heterocycles. The van der Waals surface area contributed by atoms with Crippen molar-refractivity contribution in [3.05, 3.63) is 28.8 Å². The molecule has 0 spiro atoms. The second kappa shape index (κ2) is 6.26. The van der Waals surface area contributed by atoms with Crippen molar-refractivity contribution in [1.82, 2.24) is 5.32 Å². The zero-order valence-corrected chi connectivity index (χ0v) is 11.4. The van der Waals surface area contributed by atoms with Crippen molar-refractivity contribution in [3.8, 4) is 5.75 Å². The number of aliphatic carboxylic acids is 1. The lowest BCUT2D eigenvalue weighted by atomic mass is 9.86. The number of nitrogens with one attached hydrogen (secondary N) is 1. The molecular formula is C14H18ClNO3. The van der Waals surface area contributed by atoms with E-state index in [1.54, 1.807) is 18.2 Å². The molecule has 0 bridgehead atoms. The number of carboxylic acids is 1. The van der Waals surface area contributed by atoms with Crippen molar-refractivity contribution >= 4 is 17.6 Å². The van der Waals surface area contributed by atoms with Gasteiger partial charge in [0.15, 0.2) is 0 Å². The van der Waals surface area contributed by atoms with Crippen LogP contribution in [0.25, 0.3) is 0 Å². The van der Waals surface area contributed by atoms with Gasteiger partial charge in [-0.25, -0.2) is 0 Å². The maximum Gasteiger partial charge on any atom is 0.306 e. The predicted molar refractivity (Wildman–Crippen MR) is 73.3 cm³/mol. The Balaban J connectivity index is 1.93. The second-order valence-electron chi connectivity index (χ2n) is 5.02. The van der Waals surface area contributed by atoms with Crippen LogP contribution in [-0.2, 0) is 11.3 Å². The van der Waals surface area contributed by atoms with Gasteiger partial charge >= 0.3 is 5.97 Å². The summed E-state index contributed by atoms with van der Waals surface area (Å²) >= 11 is 6.03. The van der Waals surface area contributed by atoms with E-state index in [2.05, 4.69) is 5.32 Å². The van der Waals surface area contributed by atoms with Crippen molar-refractivity contribution in [2.45, 2.75) is 38.3 Å². The molecular weight excluding hydrogens is 266 g/mol. The molecule has 0 radical (unpaired) electrons. The molecule has 1 aromatic rings. The molecule has 2 unspecified atom stereocenters. The van der Waals surface area contributed by atoms with E-state index in [1.807, 2.05) is 0 Å². The Hall–Kier alpha value is -1.26. The molecule has 2 atom stereocenters. The predicted octanol–water partition coefficient (Wildman–Crippen LogP) is 2.78. The van der Waals surface area contributed by atoms with Crippen LogP contribution in [0.1, 0.15) is 31.2 Å². The number of carboxylic acid groups (broad SMARTS) is 1. The lowest BCUT2D eigenvalue weighted by Crippen LogP contribution is -2.36. The first-order chi connectivity index (χ1) is 9.08. The Kier molecular flexibility index (Phi) is 4.66. The van der Waals surface area contributed by atoms with Gasteiger partial charge in [0.2, 0.25) is 0 Å². The molecule has 1 aliphatic carbocycles. The van der Waals surface area contributed by atoms with E-state index >= 15 is 0 Å². The van der Waals surface area contributed by atoms with Crippen molar-refractivity contribution in [2.75, 3.05) is 0 Å². The highest BCUT2D eigenvalue weighted by atomic mass is 35.5. The standard InChI is InChI=1S/C14H18ClNO3/c15-12-5-2-6-13(17)11(12)8-16-10-4-1-3-9(7-10)14(18)19/h2,5-6,9-10,16-17H,1,3-4,7-8H2,(H,18,19). The van der Waals surface area contributed by atoms with E-state index in [0.717, 1.165) is 19.3 Å². The molecule has 1 fully saturated rings. The van der Waals surface area contributed by atoms with Crippen LogP contribution in [0.3, 0.4) is 0 Å². The van der Waals surface area contributed by atoms with Gasteiger partial charge < -0.3 is 15.5 Å². The molecule has 5 heteroatoms. The number of phenols is 1. The molecule has 0 amide bonds. The fourth-order valence-electron chi connectivity index (χ4n) is 2.57. The summed E-state index contributed by atoms with van der Waals surface area (Å²) in [6.45, 7) is 0.461. The lowest BCUT2D eigenvalue weighted by Gasteiger charge is -2.27. The van der Waals surface area contributed by atoms with Crippen LogP contribution in [0, 0.1) is 5.92 Å². The normalized spacial score (nSPS) is 23.2.